The molecule has 0 heterocycles. The quantitative estimate of drug-likeness (QED) is 0.297. The third-order valence-electron chi connectivity index (χ3n) is 4.80. The average Bonchev–Trinajstić information content (AvgIpc) is 3.49. The van der Waals surface area contributed by atoms with E-state index in [0.717, 1.165) is 33.5 Å². The van der Waals surface area contributed by atoms with Crippen molar-refractivity contribution in [2.45, 2.75) is 6.92 Å². The maximum atomic E-state index is 8.21. The Labute approximate surface area is 180 Å². The maximum absolute atomic E-state index is 8.21. The molecule has 1 aromatic carbocycles. The monoisotopic (exact) mass is 392 g/mol. The zero-order valence-electron chi connectivity index (χ0n) is 17.6. The van der Waals surface area contributed by atoms with Crippen molar-refractivity contribution in [3.8, 4) is 0 Å². The van der Waals surface area contributed by atoms with Gasteiger partial charge in [0.2, 0.25) is 0 Å². The largest absolute Gasteiger partial charge is 0.300 e. The summed E-state index contributed by atoms with van der Waals surface area (Å²) in [6.45, 7) is 25.6. The first kappa shape index (κ1) is 22.5. The van der Waals surface area contributed by atoms with Crippen LogP contribution in [0.5, 0.6) is 0 Å². The number of nitrogens with one attached hydrogen (secondary N) is 1. The van der Waals surface area contributed by atoms with E-state index >= 15 is 0 Å². The second-order valence-electron chi connectivity index (χ2n) is 7.11. The molecular weight excluding hydrogens is 364 g/mol. The van der Waals surface area contributed by atoms with Gasteiger partial charge in [0.15, 0.2) is 0 Å². The van der Waals surface area contributed by atoms with Crippen LogP contribution in [0.1, 0.15) is 18.1 Å². The van der Waals surface area contributed by atoms with Crippen molar-refractivity contribution in [1.29, 1.82) is 5.41 Å². The molecule has 150 valence electrons. The Morgan fingerprint density at radius 2 is 1.57 bits per heavy atom. The summed E-state index contributed by atoms with van der Waals surface area (Å²) in [5.74, 6) is 0.528. The van der Waals surface area contributed by atoms with Gasteiger partial charge in [-0.2, -0.15) is 0 Å². The summed E-state index contributed by atoms with van der Waals surface area (Å²) in [4.78, 5) is 4.00. The molecule has 0 spiro atoms. The third-order valence-corrected chi connectivity index (χ3v) is 4.80. The Balaban J connectivity index is 1.94. The first-order chi connectivity index (χ1) is 14.3. The molecular formula is C28H28N2. The molecule has 2 nitrogen and oxygen atoms in total. The summed E-state index contributed by atoms with van der Waals surface area (Å²) in [7, 11) is 0. The zero-order chi connectivity index (χ0) is 22.3. The van der Waals surface area contributed by atoms with Crippen LogP contribution in [0, 0.1) is 11.3 Å². The van der Waals surface area contributed by atoms with E-state index < -0.39 is 0 Å². The van der Waals surface area contributed by atoms with Gasteiger partial charge in [-0.3, -0.25) is 4.99 Å². The second kappa shape index (κ2) is 10.1. The summed E-state index contributed by atoms with van der Waals surface area (Å²) < 4.78 is 0. The highest BCUT2D eigenvalue weighted by atomic mass is 14.7. The number of hydrogen-bond donors (Lipinski definition) is 1. The van der Waals surface area contributed by atoms with E-state index in [1.807, 2.05) is 42.5 Å². The van der Waals surface area contributed by atoms with E-state index in [1.54, 1.807) is 18.2 Å². The highest BCUT2D eigenvalue weighted by Crippen LogP contribution is 2.34. The van der Waals surface area contributed by atoms with Gasteiger partial charge in [0.05, 0.1) is 11.4 Å². The van der Waals surface area contributed by atoms with Crippen LogP contribution >= 0.6 is 0 Å². The molecule has 1 aliphatic rings. The smallest absolute Gasteiger partial charge is 0.0700 e. The van der Waals surface area contributed by atoms with Crippen molar-refractivity contribution in [3.63, 3.8) is 0 Å². The molecule has 0 aromatic heterocycles. The van der Waals surface area contributed by atoms with E-state index in [4.69, 9.17) is 5.41 Å². The van der Waals surface area contributed by atoms with Gasteiger partial charge < -0.3 is 5.41 Å². The molecule has 0 bridgehead atoms. The number of hydrogen-bond acceptors (Lipinski definition) is 2. The van der Waals surface area contributed by atoms with Crippen molar-refractivity contribution in [1.82, 2.24) is 0 Å². The first-order valence-electron chi connectivity index (χ1n) is 9.61. The van der Waals surface area contributed by atoms with Crippen LogP contribution in [-0.4, -0.2) is 12.4 Å². The molecule has 1 atom stereocenters. The van der Waals surface area contributed by atoms with Gasteiger partial charge in [-0.05, 0) is 63.8 Å². The molecule has 1 aromatic rings. The van der Waals surface area contributed by atoms with Gasteiger partial charge in [-0.1, -0.05) is 94.5 Å². The molecule has 0 aliphatic heterocycles. The predicted octanol–water partition coefficient (Wildman–Crippen LogP) is 7.61. The van der Waals surface area contributed by atoms with E-state index in [2.05, 4.69) is 57.6 Å². The Morgan fingerprint density at radius 3 is 2.13 bits per heavy atom. The summed E-state index contributed by atoms with van der Waals surface area (Å²) in [5, 5.41) is 8.21. The van der Waals surface area contributed by atoms with E-state index in [9.17, 15) is 0 Å². The van der Waals surface area contributed by atoms with Crippen molar-refractivity contribution in [2.75, 3.05) is 0 Å². The molecule has 0 unspecified atom stereocenters. The molecule has 0 saturated heterocycles. The molecule has 1 N–H and O–H groups in total. The topological polar surface area (TPSA) is 36.2 Å². The summed E-state index contributed by atoms with van der Waals surface area (Å²) in [6.07, 6.45) is 14.9. The van der Waals surface area contributed by atoms with Crippen LogP contribution in [0.15, 0.2) is 120 Å². The standard InChI is InChI=1S/C28H28N2/c1-8-25-15-13-24(18-28(25)30-7)14-16-27(29)22(5)12-10-20(3)19(2)9-11-21(4)26-17-23(26)6/h8-18,23,29H,1-5,7H2,6H3/b11-9-,12-10-,16-14-,29-27?/t23-/m1/s1. The van der Waals surface area contributed by atoms with E-state index in [1.165, 1.54) is 5.57 Å². The number of nitrogens with zero attached hydrogens (tertiary/aromatic N) is 1. The van der Waals surface area contributed by atoms with Gasteiger partial charge in [-0.25, -0.2) is 0 Å². The van der Waals surface area contributed by atoms with Gasteiger partial charge in [0, 0.05) is 0 Å². The first-order valence-corrected chi connectivity index (χ1v) is 9.61. The molecule has 0 amide bonds. The molecule has 0 fully saturated rings. The van der Waals surface area contributed by atoms with Crippen LogP contribution in [-0.2, 0) is 0 Å². The number of aliphatic imine (C=N–C) groups is 1. The highest BCUT2D eigenvalue weighted by Gasteiger charge is 2.19. The summed E-state index contributed by atoms with van der Waals surface area (Å²) >= 11 is 0. The van der Waals surface area contributed by atoms with E-state index in [0.29, 0.717) is 17.2 Å². The molecule has 30 heavy (non-hydrogen) atoms. The van der Waals surface area contributed by atoms with Crippen LogP contribution in [0.3, 0.4) is 0 Å². The minimum atomic E-state index is 0.309. The average molecular weight is 393 g/mol. The minimum Gasteiger partial charge on any atom is -0.300 e. The molecule has 1 aliphatic carbocycles. The predicted molar refractivity (Wildman–Crippen MR) is 135 cm³/mol. The molecule has 2 rings (SSSR count). The van der Waals surface area contributed by atoms with Gasteiger partial charge >= 0.3 is 0 Å². The summed E-state index contributed by atoms with van der Waals surface area (Å²) in [5.41, 5.74) is 7.34. The lowest BCUT2D eigenvalue weighted by Gasteiger charge is -2.03. The molecule has 2 heteroatoms. The highest BCUT2D eigenvalue weighted by molar-refractivity contribution is 6.09. The van der Waals surface area contributed by atoms with E-state index in [-0.39, 0.29) is 0 Å². The van der Waals surface area contributed by atoms with Crippen molar-refractivity contribution < 1.29 is 0 Å². The van der Waals surface area contributed by atoms with Crippen LogP contribution < -0.4 is 0 Å². The second-order valence-corrected chi connectivity index (χ2v) is 7.11. The number of allylic oxidation sites excluding steroid dienone is 11. The van der Waals surface area contributed by atoms with Crippen molar-refractivity contribution in [2.24, 2.45) is 10.9 Å². The maximum Gasteiger partial charge on any atom is 0.0700 e. The van der Waals surface area contributed by atoms with Crippen LogP contribution in [0.2, 0.25) is 0 Å². The third kappa shape index (κ3) is 6.11. The van der Waals surface area contributed by atoms with Crippen LogP contribution in [0.4, 0.5) is 5.69 Å². The zero-order valence-corrected chi connectivity index (χ0v) is 17.6. The summed E-state index contributed by atoms with van der Waals surface area (Å²) in [6, 6.07) is 5.77. The van der Waals surface area contributed by atoms with Crippen LogP contribution in [0.25, 0.3) is 12.2 Å². The van der Waals surface area contributed by atoms with Gasteiger partial charge in [-0.15, -0.1) is 0 Å². The van der Waals surface area contributed by atoms with Crippen molar-refractivity contribution >= 4 is 30.3 Å². The van der Waals surface area contributed by atoms with Crippen molar-refractivity contribution in [3.05, 3.63) is 127 Å². The number of benzene rings is 1. The lowest BCUT2D eigenvalue weighted by molar-refractivity contribution is 1.05. The van der Waals surface area contributed by atoms with Gasteiger partial charge in [0.25, 0.3) is 0 Å². The van der Waals surface area contributed by atoms with Gasteiger partial charge in [0.1, 0.15) is 0 Å². The fourth-order valence-corrected chi connectivity index (χ4v) is 2.68. The Morgan fingerprint density at radius 1 is 0.967 bits per heavy atom. The molecule has 0 radical (unpaired) electrons. The lowest BCUT2D eigenvalue weighted by atomic mass is 10.0. The molecule has 0 saturated carbocycles. The lowest BCUT2D eigenvalue weighted by Crippen LogP contribution is -1.93. The fraction of sp³-hybridized carbons (Fsp3) is 0.0714. The Bertz CT molecular complexity index is 1070. The number of rotatable bonds is 11. The Hall–Kier alpha value is -3.78. The SMILES string of the molecule is C=Cc1ccc(/C=C\C(=N)C(=C)/C=C\C(=C)C(=C)/C=C\C(=C)C2=C[C@H]2C)cc1N=C. The minimum absolute atomic E-state index is 0.309. The fourth-order valence-electron chi connectivity index (χ4n) is 2.68. The normalized spacial score (nSPS) is 15.2. The Kier molecular flexibility index (Phi) is 7.60.